The van der Waals surface area contributed by atoms with Gasteiger partial charge in [0, 0.05) is 12.5 Å². The first-order chi connectivity index (χ1) is 7.90. The van der Waals surface area contributed by atoms with Crippen LogP contribution < -0.4 is 5.32 Å². The van der Waals surface area contributed by atoms with Gasteiger partial charge in [0.05, 0.1) is 6.07 Å². The number of nitrogens with zero attached hydrogens (tertiary/aromatic N) is 1. The second-order valence-electron chi connectivity index (χ2n) is 5.72. The number of nitrogens with one attached hydrogen (secondary N) is 1. The third-order valence-corrected chi connectivity index (χ3v) is 2.93. The van der Waals surface area contributed by atoms with Crippen molar-refractivity contribution < 1.29 is 9.53 Å². The maximum Gasteiger partial charge on any atom is 0.407 e. The van der Waals surface area contributed by atoms with Crippen LogP contribution in [0.4, 0.5) is 4.79 Å². The minimum absolute atomic E-state index is 0.216. The van der Waals surface area contributed by atoms with Gasteiger partial charge in [-0.25, -0.2) is 4.79 Å². The summed E-state index contributed by atoms with van der Waals surface area (Å²) in [7, 11) is 0. The Morgan fingerprint density at radius 3 is 2.76 bits per heavy atom. The lowest BCUT2D eigenvalue weighted by Crippen LogP contribution is -2.37. The van der Waals surface area contributed by atoms with Gasteiger partial charge in [-0.2, -0.15) is 5.26 Å². The molecule has 0 unspecified atom stereocenters. The van der Waals surface area contributed by atoms with E-state index in [1.165, 1.54) is 0 Å². The van der Waals surface area contributed by atoms with Crippen LogP contribution in [0.3, 0.4) is 0 Å². The van der Waals surface area contributed by atoms with Gasteiger partial charge < -0.3 is 10.1 Å². The van der Waals surface area contributed by atoms with E-state index in [1.807, 2.05) is 20.8 Å². The molecule has 1 amide bonds. The molecular formula is C13H22N2O2. The van der Waals surface area contributed by atoms with Crippen molar-refractivity contribution in [2.75, 3.05) is 0 Å². The molecule has 0 aromatic carbocycles. The second-order valence-corrected chi connectivity index (χ2v) is 5.72. The Bertz CT molecular complexity index is 302. The van der Waals surface area contributed by atoms with Gasteiger partial charge in [-0.15, -0.1) is 0 Å². The highest BCUT2D eigenvalue weighted by Gasteiger charge is 2.27. The Morgan fingerprint density at radius 1 is 1.47 bits per heavy atom. The summed E-state index contributed by atoms with van der Waals surface area (Å²) < 4.78 is 5.21. The molecule has 1 rings (SSSR count). The molecule has 0 saturated heterocycles. The van der Waals surface area contributed by atoms with Gasteiger partial charge in [0.1, 0.15) is 5.60 Å². The Labute approximate surface area is 103 Å². The van der Waals surface area contributed by atoms with Gasteiger partial charge in [0.25, 0.3) is 0 Å². The first-order valence-electron chi connectivity index (χ1n) is 6.27. The number of ether oxygens (including phenoxy) is 1. The van der Waals surface area contributed by atoms with Crippen LogP contribution in [-0.4, -0.2) is 17.7 Å². The molecule has 17 heavy (non-hydrogen) atoms. The Hall–Kier alpha value is -1.24. The molecule has 2 atom stereocenters. The minimum Gasteiger partial charge on any atom is -0.444 e. The van der Waals surface area contributed by atoms with Crippen LogP contribution in [0.1, 0.15) is 52.9 Å². The van der Waals surface area contributed by atoms with E-state index in [0.29, 0.717) is 12.3 Å². The number of carbonyl (C=O) groups is 1. The number of hydrogen-bond donors (Lipinski definition) is 1. The highest BCUT2D eigenvalue weighted by atomic mass is 16.6. The number of hydrogen-bond acceptors (Lipinski definition) is 3. The molecule has 1 fully saturated rings. The Morgan fingerprint density at radius 2 is 2.18 bits per heavy atom. The molecule has 1 aliphatic carbocycles. The van der Waals surface area contributed by atoms with Crippen LogP contribution in [0.25, 0.3) is 0 Å². The third-order valence-electron chi connectivity index (χ3n) is 2.93. The summed E-state index contributed by atoms with van der Waals surface area (Å²) in [6, 6.07) is 2.39. The van der Waals surface area contributed by atoms with Crippen molar-refractivity contribution in [3.8, 4) is 6.07 Å². The molecule has 0 spiro atoms. The molecule has 0 aromatic rings. The highest BCUT2D eigenvalue weighted by Crippen LogP contribution is 2.29. The fraction of sp³-hybridized carbons (Fsp3) is 0.846. The van der Waals surface area contributed by atoms with Crippen LogP contribution in [0.2, 0.25) is 0 Å². The maximum atomic E-state index is 11.5. The minimum atomic E-state index is -0.442. The lowest BCUT2D eigenvalue weighted by molar-refractivity contribution is 0.0504. The van der Waals surface area contributed by atoms with E-state index in [1.54, 1.807) is 0 Å². The van der Waals surface area contributed by atoms with E-state index in [2.05, 4.69) is 11.4 Å². The number of carbonyl (C=O) groups excluding carboxylic acids is 1. The average Bonchev–Trinajstić information content (AvgIpc) is 2.59. The van der Waals surface area contributed by atoms with Crippen molar-refractivity contribution >= 4 is 6.09 Å². The Kier molecular flexibility index (Phi) is 4.80. The molecule has 4 heteroatoms. The van der Waals surface area contributed by atoms with Gasteiger partial charge in [0.15, 0.2) is 0 Å². The largest absolute Gasteiger partial charge is 0.444 e. The zero-order chi connectivity index (χ0) is 12.9. The molecule has 1 saturated carbocycles. The Balaban J connectivity index is 2.26. The van der Waals surface area contributed by atoms with Crippen molar-refractivity contribution in [1.82, 2.24) is 5.32 Å². The third kappa shape index (κ3) is 5.58. The first kappa shape index (κ1) is 13.8. The molecule has 4 nitrogen and oxygen atoms in total. The predicted molar refractivity (Wildman–Crippen MR) is 65.3 cm³/mol. The normalized spacial score (nSPS) is 24.1. The van der Waals surface area contributed by atoms with Crippen LogP contribution in [0.15, 0.2) is 0 Å². The highest BCUT2D eigenvalue weighted by molar-refractivity contribution is 5.68. The predicted octanol–water partition coefficient (Wildman–Crippen LogP) is 2.98. The quantitative estimate of drug-likeness (QED) is 0.822. The van der Waals surface area contributed by atoms with E-state index < -0.39 is 5.60 Å². The van der Waals surface area contributed by atoms with Crippen LogP contribution in [0.5, 0.6) is 0 Å². The lowest BCUT2D eigenvalue weighted by Gasteiger charge is -2.21. The number of amides is 1. The number of rotatable bonds is 3. The van der Waals surface area contributed by atoms with E-state index >= 15 is 0 Å². The van der Waals surface area contributed by atoms with Crippen LogP contribution >= 0.6 is 0 Å². The fourth-order valence-electron chi connectivity index (χ4n) is 2.21. The topological polar surface area (TPSA) is 62.1 Å². The molecule has 0 heterocycles. The van der Waals surface area contributed by atoms with Gasteiger partial charge in [-0.3, -0.25) is 0 Å². The monoisotopic (exact) mass is 238 g/mol. The van der Waals surface area contributed by atoms with Crippen LogP contribution in [-0.2, 0) is 4.74 Å². The van der Waals surface area contributed by atoms with E-state index in [9.17, 15) is 4.79 Å². The van der Waals surface area contributed by atoms with Crippen molar-refractivity contribution in [1.29, 1.82) is 5.26 Å². The molecule has 1 aliphatic rings. The fourth-order valence-corrected chi connectivity index (χ4v) is 2.21. The van der Waals surface area contributed by atoms with E-state index in [0.717, 1.165) is 25.7 Å². The van der Waals surface area contributed by atoms with E-state index in [-0.39, 0.29) is 12.1 Å². The number of nitriles is 1. The summed E-state index contributed by atoms with van der Waals surface area (Å²) in [5.74, 6) is 0.578. The summed E-state index contributed by atoms with van der Waals surface area (Å²) >= 11 is 0. The SMILES string of the molecule is CC(C)(C)OC(=O)N[C@@H]1CC[C@H](CCC#N)C1. The van der Waals surface area contributed by atoms with Crippen molar-refractivity contribution in [3.05, 3.63) is 0 Å². The summed E-state index contributed by atoms with van der Waals surface area (Å²) in [6.45, 7) is 5.57. The van der Waals surface area contributed by atoms with Crippen molar-refractivity contribution in [3.63, 3.8) is 0 Å². The smallest absolute Gasteiger partial charge is 0.407 e. The van der Waals surface area contributed by atoms with Crippen molar-refractivity contribution in [2.24, 2.45) is 5.92 Å². The summed E-state index contributed by atoms with van der Waals surface area (Å²) in [5.41, 5.74) is -0.442. The second kappa shape index (κ2) is 5.90. The van der Waals surface area contributed by atoms with Crippen LogP contribution in [0, 0.1) is 17.2 Å². The molecular weight excluding hydrogens is 216 g/mol. The zero-order valence-electron chi connectivity index (χ0n) is 11.0. The molecule has 0 radical (unpaired) electrons. The summed E-state index contributed by atoms with van der Waals surface area (Å²) in [5, 5.41) is 11.4. The lowest BCUT2D eigenvalue weighted by atomic mass is 10.0. The molecule has 1 N–H and O–H groups in total. The maximum absolute atomic E-state index is 11.5. The number of alkyl carbamates (subject to hydrolysis) is 1. The van der Waals surface area contributed by atoms with Gasteiger partial charge >= 0.3 is 6.09 Å². The van der Waals surface area contributed by atoms with Crippen molar-refractivity contribution in [2.45, 2.75) is 64.5 Å². The summed E-state index contributed by atoms with van der Waals surface area (Å²) in [4.78, 5) is 11.5. The summed E-state index contributed by atoms with van der Waals surface area (Å²) in [6.07, 6.45) is 4.30. The standard InChI is InChI=1S/C13H22N2O2/c1-13(2,3)17-12(16)15-11-7-6-10(9-11)5-4-8-14/h10-11H,4-7,9H2,1-3H3,(H,15,16)/t10-,11+/m0/s1. The van der Waals surface area contributed by atoms with E-state index in [4.69, 9.17) is 10.00 Å². The van der Waals surface area contributed by atoms with Gasteiger partial charge in [-0.1, -0.05) is 0 Å². The average molecular weight is 238 g/mol. The zero-order valence-corrected chi connectivity index (χ0v) is 11.0. The van der Waals surface area contributed by atoms with Gasteiger partial charge in [0.2, 0.25) is 0 Å². The first-order valence-corrected chi connectivity index (χ1v) is 6.27. The van der Waals surface area contributed by atoms with Gasteiger partial charge in [-0.05, 0) is 52.4 Å². The molecule has 0 aliphatic heterocycles. The molecule has 0 aromatic heterocycles. The molecule has 96 valence electrons. The molecule has 0 bridgehead atoms.